The van der Waals surface area contributed by atoms with Crippen LogP contribution in [0.4, 0.5) is 4.39 Å². The first-order valence-electron chi connectivity index (χ1n) is 10.3. The highest BCUT2D eigenvalue weighted by Gasteiger charge is 2.29. The van der Waals surface area contributed by atoms with Crippen molar-refractivity contribution < 1.29 is 9.50 Å². The van der Waals surface area contributed by atoms with E-state index in [0.717, 1.165) is 56.1 Å². The third kappa shape index (κ3) is 4.93. The number of rotatable bonds is 7. The third-order valence-corrected chi connectivity index (χ3v) is 5.89. The highest BCUT2D eigenvalue weighted by molar-refractivity contribution is 5.58. The number of nitrogens with zero attached hydrogens (tertiary/aromatic N) is 4. The van der Waals surface area contributed by atoms with Crippen LogP contribution in [0.2, 0.25) is 0 Å². The summed E-state index contributed by atoms with van der Waals surface area (Å²) in [6.45, 7) is 3.38. The normalized spacial score (nSPS) is 19.9. The molecule has 150 valence electrons. The standard InChI is InChI=1S/C22H29FN4O/c1-26(19-5-6-19)14-20(28)15-27-11-8-16(9-12-27)22-24-10-7-21(25-22)17-3-2-4-18(23)13-17/h2-4,7,10,13,16,19-20,28H,5-6,8-9,11-12,14-15H2,1H3. The number of likely N-dealkylation sites (N-methyl/N-ethyl adjacent to an activating group) is 1. The van der Waals surface area contributed by atoms with E-state index in [9.17, 15) is 9.50 Å². The van der Waals surface area contributed by atoms with E-state index in [2.05, 4.69) is 21.8 Å². The van der Waals surface area contributed by atoms with Gasteiger partial charge >= 0.3 is 0 Å². The van der Waals surface area contributed by atoms with Crippen LogP contribution in [-0.4, -0.2) is 70.2 Å². The molecule has 0 radical (unpaired) electrons. The second-order valence-corrected chi connectivity index (χ2v) is 8.21. The molecule has 0 spiro atoms. The van der Waals surface area contributed by atoms with Crippen molar-refractivity contribution in [1.82, 2.24) is 19.8 Å². The summed E-state index contributed by atoms with van der Waals surface area (Å²) in [6, 6.07) is 9.05. The van der Waals surface area contributed by atoms with E-state index >= 15 is 0 Å². The van der Waals surface area contributed by atoms with Crippen molar-refractivity contribution in [2.75, 3.05) is 33.2 Å². The van der Waals surface area contributed by atoms with Gasteiger partial charge in [0.2, 0.25) is 0 Å². The first-order valence-corrected chi connectivity index (χ1v) is 10.3. The van der Waals surface area contributed by atoms with E-state index in [0.29, 0.717) is 12.0 Å². The topological polar surface area (TPSA) is 52.5 Å². The lowest BCUT2D eigenvalue weighted by molar-refractivity contribution is 0.0693. The van der Waals surface area contributed by atoms with Crippen molar-refractivity contribution in [3.05, 3.63) is 48.2 Å². The number of halogens is 1. The summed E-state index contributed by atoms with van der Waals surface area (Å²) in [5.74, 6) is 0.906. The lowest BCUT2D eigenvalue weighted by Gasteiger charge is -2.33. The van der Waals surface area contributed by atoms with Gasteiger partial charge in [0.25, 0.3) is 0 Å². The maximum Gasteiger partial charge on any atom is 0.132 e. The van der Waals surface area contributed by atoms with E-state index in [1.165, 1.54) is 25.0 Å². The Morgan fingerprint density at radius 1 is 1.21 bits per heavy atom. The van der Waals surface area contributed by atoms with Crippen molar-refractivity contribution in [2.45, 2.75) is 43.7 Å². The molecule has 6 heteroatoms. The molecule has 4 rings (SSSR count). The van der Waals surface area contributed by atoms with Gasteiger partial charge < -0.3 is 14.9 Å². The molecule has 1 aromatic heterocycles. The van der Waals surface area contributed by atoms with Crippen molar-refractivity contribution >= 4 is 0 Å². The van der Waals surface area contributed by atoms with Gasteiger partial charge in [-0.2, -0.15) is 0 Å². The highest BCUT2D eigenvalue weighted by Crippen LogP contribution is 2.28. The molecule has 2 aromatic rings. The van der Waals surface area contributed by atoms with Crippen LogP contribution in [-0.2, 0) is 0 Å². The molecule has 2 fully saturated rings. The quantitative estimate of drug-likeness (QED) is 0.796. The number of aliphatic hydroxyl groups is 1. The molecule has 5 nitrogen and oxygen atoms in total. The van der Waals surface area contributed by atoms with Crippen LogP contribution in [0.5, 0.6) is 0 Å². The average Bonchev–Trinajstić information content (AvgIpc) is 3.54. The van der Waals surface area contributed by atoms with Crippen LogP contribution in [0.1, 0.15) is 37.4 Å². The number of hydrogen-bond donors (Lipinski definition) is 1. The summed E-state index contributed by atoms with van der Waals surface area (Å²) in [5.41, 5.74) is 1.55. The maximum atomic E-state index is 13.5. The molecule has 1 N–H and O–H groups in total. The Balaban J connectivity index is 1.31. The summed E-state index contributed by atoms with van der Waals surface area (Å²) in [4.78, 5) is 13.8. The fourth-order valence-electron chi connectivity index (χ4n) is 4.11. The SMILES string of the molecule is CN(CC(O)CN1CCC(c2nccc(-c3cccc(F)c3)n2)CC1)C1CC1. The van der Waals surface area contributed by atoms with Crippen LogP contribution in [0.15, 0.2) is 36.5 Å². The lowest BCUT2D eigenvalue weighted by atomic mass is 9.95. The van der Waals surface area contributed by atoms with E-state index in [-0.39, 0.29) is 11.9 Å². The summed E-state index contributed by atoms with van der Waals surface area (Å²) in [5, 5.41) is 10.4. The van der Waals surface area contributed by atoms with Crippen LogP contribution >= 0.6 is 0 Å². The number of aromatic nitrogens is 2. The van der Waals surface area contributed by atoms with Crippen molar-refractivity contribution in [3.63, 3.8) is 0 Å². The van der Waals surface area contributed by atoms with Gasteiger partial charge in [-0.3, -0.25) is 0 Å². The number of β-amino-alcohol motifs (C(OH)–C–C–N with tert-alkyl or cyclic N) is 1. The van der Waals surface area contributed by atoms with Gasteiger partial charge in [-0.25, -0.2) is 14.4 Å². The molecule has 1 atom stereocenters. The molecule has 1 saturated heterocycles. The lowest BCUT2D eigenvalue weighted by Crippen LogP contribution is -2.42. The summed E-state index contributed by atoms with van der Waals surface area (Å²) in [7, 11) is 2.11. The predicted octanol–water partition coefficient (Wildman–Crippen LogP) is 2.92. The Morgan fingerprint density at radius 2 is 2.00 bits per heavy atom. The summed E-state index contributed by atoms with van der Waals surface area (Å²) < 4.78 is 13.5. The van der Waals surface area contributed by atoms with Crippen molar-refractivity contribution in [2.24, 2.45) is 0 Å². The Labute approximate surface area is 166 Å². The van der Waals surface area contributed by atoms with Gasteiger partial charge in [0, 0.05) is 36.8 Å². The minimum Gasteiger partial charge on any atom is -0.390 e. The van der Waals surface area contributed by atoms with Gasteiger partial charge in [-0.1, -0.05) is 12.1 Å². The zero-order chi connectivity index (χ0) is 19.5. The van der Waals surface area contributed by atoms with E-state index in [1.807, 2.05) is 12.1 Å². The molecule has 0 bridgehead atoms. The second kappa shape index (κ2) is 8.64. The van der Waals surface area contributed by atoms with Crippen LogP contribution in [0.3, 0.4) is 0 Å². The molecule has 1 aromatic carbocycles. The smallest absolute Gasteiger partial charge is 0.132 e. The van der Waals surface area contributed by atoms with Gasteiger partial charge in [0.05, 0.1) is 11.8 Å². The minimum absolute atomic E-state index is 0.253. The molecule has 2 aliphatic rings. The zero-order valence-electron chi connectivity index (χ0n) is 16.5. The Hall–Kier alpha value is -1.89. The van der Waals surface area contributed by atoms with E-state index in [1.54, 1.807) is 12.3 Å². The largest absolute Gasteiger partial charge is 0.390 e. The number of aliphatic hydroxyl groups excluding tert-OH is 1. The van der Waals surface area contributed by atoms with E-state index in [4.69, 9.17) is 4.98 Å². The van der Waals surface area contributed by atoms with Crippen molar-refractivity contribution in [3.8, 4) is 11.3 Å². The third-order valence-electron chi connectivity index (χ3n) is 5.89. The molecular formula is C22H29FN4O. The Kier molecular flexibility index (Phi) is 5.99. The average molecular weight is 384 g/mol. The molecular weight excluding hydrogens is 355 g/mol. The fourth-order valence-corrected chi connectivity index (χ4v) is 4.11. The summed E-state index contributed by atoms with van der Waals surface area (Å²) >= 11 is 0. The molecule has 1 aliphatic carbocycles. The zero-order valence-corrected chi connectivity index (χ0v) is 16.5. The van der Waals surface area contributed by atoms with Gasteiger partial charge in [-0.05, 0) is 64.0 Å². The van der Waals surface area contributed by atoms with E-state index < -0.39 is 0 Å². The number of likely N-dealkylation sites (tertiary alicyclic amines) is 1. The highest BCUT2D eigenvalue weighted by atomic mass is 19.1. The van der Waals surface area contributed by atoms with Crippen LogP contribution in [0, 0.1) is 5.82 Å². The molecule has 0 amide bonds. The number of piperidine rings is 1. The van der Waals surface area contributed by atoms with Gasteiger partial charge in [0.15, 0.2) is 0 Å². The molecule has 28 heavy (non-hydrogen) atoms. The second-order valence-electron chi connectivity index (χ2n) is 8.21. The van der Waals surface area contributed by atoms with Gasteiger partial charge in [-0.15, -0.1) is 0 Å². The van der Waals surface area contributed by atoms with Gasteiger partial charge in [0.1, 0.15) is 11.6 Å². The predicted molar refractivity (Wildman–Crippen MR) is 107 cm³/mol. The molecule has 1 saturated carbocycles. The minimum atomic E-state index is -0.297. The Morgan fingerprint density at radius 3 is 2.71 bits per heavy atom. The molecule has 1 unspecified atom stereocenters. The number of benzene rings is 1. The summed E-state index contributed by atoms with van der Waals surface area (Å²) in [6.07, 6.45) is 5.98. The fraction of sp³-hybridized carbons (Fsp3) is 0.545. The maximum absolute atomic E-state index is 13.5. The van der Waals surface area contributed by atoms with Crippen LogP contribution in [0.25, 0.3) is 11.3 Å². The number of hydrogen-bond acceptors (Lipinski definition) is 5. The van der Waals surface area contributed by atoms with Crippen LogP contribution < -0.4 is 0 Å². The molecule has 2 heterocycles. The monoisotopic (exact) mass is 384 g/mol. The first kappa shape index (κ1) is 19.4. The first-order chi connectivity index (χ1) is 13.6. The van der Waals surface area contributed by atoms with Crippen molar-refractivity contribution in [1.29, 1.82) is 0 Å². The molecule has 1 aliphatic heterocycles. The Bertz CT molecular complexity index is 790.